The molecule has 8 heteroatoms. The molecule has 0 N–H and O–H groups in total. The first-order chi connectivity index (χ1) is 15.4. The molecule has 0 radical (unpaired) electrons. The minimum absolute atomic E-state index is 0.131. The van der Waals surface area contributed by atoms with Crippen LogP contribution >= 0.6 is 45.8 Å². The Bertz CT molecular complexity index is 1240. The smallest absolute Gasteiger partial charge is 0.363 e. The maximum absolute atomic E-state index is 12.4. The molecule has 0 fully saturated rings. The molecular weight excluding hydrogens is 564 g/mol. The van der Waals surface area contributed by atoms with Crippen molar-refractivity contribution in [1.82, 2.24) is 0 Å². The molecule has 0 saturated heterocycles. The molecule has 1 aliphatic heterocycles. The Morgan fingerprint density at radius 1 is 1.06 bits per heavy atom. The van der Waals surface area contributed by atoms with Crippen LogP contribution in [-0.4, -0.2) is 19.0 Å². The molecule has 1 aliphatic rings. The molecular formula is C24H16Cl2INO4. The van der Waals surface area contributed by atoms with Gasteiger partial charge in [-0.2, -0.15) is 0 Å². The Balaban J connectivity index is 1.62. The molecule has 0 aliphatic carbocycles. The number of hydrogen-bond donors (Lipinski definition) is 0. The van der Waals surface area contributed by atoms with Crippen molar-refractivity contribution in [3.63, 3.8) is 0 Å². The maximum Gasteiger partial charge on any atom is 0.363 e. The van der Waals surface area contributed by atoms with Gasteiger partial charge in [0.15, 0.2) is 17.2 Å². The van der Waals surface area contributed by atoms with E-state index in [-0.39, 0.29) is 11.6 Å². The highest BCUT2D eigenvalue weighted by Crippen LogP contribution is 2.38. The number of rotatable bonds is 6. The second kappa shape index (κ2) is 9.94. The van der Waals surface area contributed by atoms with Gasteiger partial charge in [-0.25, -0.2) is 9.79 Å². The lowest BCUT2D eigenvalue weighted by Crippen LogP contribution is -2.06. The highest BCUT2D eigenvalue weighted by Gasteiger charge is 2.26. The molecule has 0 unspecified atom stereocenters. The van der Waals surface area contributed by atoms with Crippen molar-refractivity contribution in [2.24, 2.45) is 4.99 Å². The van der Waals surface area contributed by atoms with Crippen LogP contribution in [0, 0.1) is 3.57 Å². The summed E-state index contributed by atoms with van der Waals surface area (Å²) in [6.07, 6.45) is 1.58. The molecule has 3 aromatic carbocycles. The lowest BCUT2D eigenvalue weighted by molar-refractivity contribution is -0.129. The molecule has 0 aromatic heterocycles. The number of esters is 1. The molecule has 0 amide bonds. The summed E-state index contributed by atoms with van der Waals surface area (Å²) in [5.74, 6) is 0.445. The third kappa shape index (κ3) is 5.09. The topological polar surface area (TPSA) is 57.1 Å². The summed E-state index contributed by atoms with van der Waals surface area (Å²) >= 11 is 14.9. The fraction of sp³-hybridized carbons (Fsp3) is 0.0833. The number of nitrogens with zero attached hydrogens (tertiary/aromatic N) is 1. The summed E-state index contributed by atoms with van der Waals surface area (Å²) in [5, 5.41) is 0.797. The van der Waals surface area contributed by atoms with Crippen LogP contribution in [0.3, 0.4) is 0 Å². The lowest BCUT2D eigenvalue weighted by atomic mass is 10.1. The zero-order valence-corrected chi connectivity index (χ0v) is 20.4. The van der Waals surface area contributed by atoms with Crippen molar-refractivity contribution in [2.75, 3.05) is 7.11 Å². The van der Waals surface area contributed by atoms with E-state index in [1.165, 1.54) is 7.11 Å². The second-order valence-electron chi connectivity index (χ2n) is 6.77. The molecule has 0 atom stereocenters. The molecule has 162 valence electrons. The predicted molar refractivity (Wildman–Crippen MR) is 134 cm³/mol. The summed E-state index contributed by atoms with van der Waals surface area (Å²) < 4.78 is 17.6. The van der Waals surface area contributed by atoms with E-state index in [4.69, 9.17) is 37.4 Å². The number of carbonyl (C=O) groups is 1. The number of methoxy groups -OCH3 is 1. The Hall–Kier alpha value is -2.55. The predicted octanol–water partition coefficient (Wildman–Crippen LogP) is 6.53. The van der Waals surface area contributed by atoms with E-state index in [1.807, 2.05) is 36.4 Å². The van der Waals surface area contributed by atoms with Crippen LogP contribution in [0.25, 0.3) is 6.08 Å². The molecule has 4 rings (SSSR count). The van der Waals surface area contributed by atoms with Crippen LogP contribution in [0.4, 0.5) is 0 Å². The number of cyclic esters (lactones) is 1. The van der Waals surface area contributed by atoms with Gasteiger partial charge in [-0.3, -0.25) is 0 Å². The molecule has 32 heavy (non-hydrogen) atoms. The number of benzene rings is 3. The van der Waals surface area contributed by atoms with E-state index in [9.17, 15) is 4.79 Å². The van der Waals surface area contributed by atoms with Gasteiger partial charge in [0.25, 0.3) is 0 Å². The van der Waals surface area contributed by atoms with E-state index >= 15 is 0 Å². The van der Waals surface area contributed by atoms with Crippen molar-refractivity contribution in [3.8, 4) is 11.5 Å². The van der Waals surface area contributed by atoms with Gasteiger partial charge in [0, 0.05) is 3.57 Å². The fourth-order valence-electron chi connectivity index (χ4n) is 3.04. The first-order valence-electron chi connectivity index (χ1n) is 9.47. The quantitative estimate of drug-likeness (QED) is 0.189. The number of hydrogen-bond acceptors (Lipinski definition) is 5. The summed E-state index contributed by atoms with van der Waals surface area (Å²) in [6.45, 7) is 0.341. The molecule has 1 heterocycles. The zero-order valence-electron chi connectivity index (χ0n) is 16.8. The van der Waals surface area contributed by atoms with Gasteiger partial charge in [-0.15, -0.1) is 0 Å². The zero-order chi connectivity index (χ0) is 22.7. The van der Waals surface area contributed by atoms with E-state index < -0.39 is 5.97 Å². The van der Waals surface area contributed by atoms with Crippen LogP contribution in [0.5, 0.6) is 11.5 Å². The average molecular weight is 580 g/mol. The van der Waals surface area contributed by atoms with Gasteiger partial charge in [0.05, 0.1) is 22.7 Å². The highest BCUT2D eigenvalue weighted by atomic mass is 127. The minimum Gasteiger partial charge on any atom is -0.493 e. The Kier molecular flexibility index (Phi) is 7.03. The molecule has 0 bridgehead atoms. The van der Waals surface area contributed by atoms with Crippen molar-refractivity contribution in [2.45, 2.75) is 6.61 Å². The first kappa shape index (κ1) is 22.6. The Morgan fingerprint density at radius 2 is 1.84 bits per heavy atom. The fourth-order valence-corrected chi connectivity index (χ4v) is 4.00. The maximum atomic E-state index is 12.4. The van der Waals surface area contributed by atoms with Gasteiger partial charge in [-0.05, 0) is 70.1 Å². The summed E-state index contributed by atoms with van der Waals surface area (Å²) in [4.78, 5) is 16.7. The van der Waals surface area contributed by atoms with Crippen LogP contribution in [0.2, 0.25) is 10.0 Å². The molecule has 0 spiro atoms. The van der Waals surface area contributed by atoms with E-state index in [1.54, 1.807) is 30.3 Å². The third-order valence-corrected chi connectivity index (χ3v) is 5.84. The van der Waals surface area contributed by atoms with Crippen LogP contribution < -0.4 is 9.47 Å². The van der Waals surface area contributed by atoms with Gasteiger partial charge in [0.2, 0.25) is 5.90 Å². The van der Waals surface area contributed by atoms with E-state index in [0.717, 1.165) is 9.13 Å². The molecule has 3 aromatic rings. The van der Waals surface area contributed by atoms with E-state index in [0.29, 0.717) is 39.3 Å². The SMILES string of the molecule is COc1cc(C=C2N=C(c3cc(I)ccc3Cl)OC2=O)cc(Cl)c1OCc1ccccc1. The second-order valence-corrected chi connectivity index (χ2v) is 8.83. The Morgan fingerprint density at radius 3 is 2.59 bits per heavy atom. The first-order valence-corrected chi connectivity index (χ1v) is 11.3. The average Bonchev–Trinajstić information content (AvgIpc) is 3.15. The van der Waals surface area contributed by atoms with Gasteiger partial charge < -0.3 is 14.2 Å². The van der Waals surface area contributed by atoms with Gasteiger partial charge in [0.1, 0.15) is 6.61 Å². The number of ether oxygens (including phenoxy) is 3. The van der Waals surface area contributed by atoms with Crippen LogP contribution in [-0.2, 0) is 16.1 Å². The highest BCUT2D eigenvalue weighted by molar-refractivity contribution is 14.1. The third-order valence-electron chi connectivity index (χ3n) is 4.56. The summed E-state index contributed by atoms with van der Waals surface area (Å²) in [6, 6.07) is 18.5. The summed E-state index contributed by atoms with van der Waals surface area (Å²) in [5.41, 5.74) is 2.30. The van der Waals surface area contributed by atoms with Crippen molar-refractivity contribution >= 4 is 63.7 Å². The Labute approximate surface area is 208 Å². The van der Waals surface area contributed by atoms with Crippen LogP contribution in [0.15, 0.2) is 71.4 Å². The summed E-state index contributed by atoms with van der Waals surface area (Å²) in [7, 11) is 1.52. The monoisotopic (exact) mass is 579 g/mol. The van der Waals surface area contributed by atoms with Gasteiger partial charge >= 0.3 is 5.97 Å². The minimum atomic E-state index is -0.575. The van der Waals surface area contributed by atoms with E-state index in [2.05, 4.69) is 27.6 Å². The van der Waals surface area contributed by atoms with Crippen molar-refractivity contribution < 1.29 is 19.0 Å². The number of carbonyl (C=O) groups excluding carboxylic acids is 1. The largest absolute Gasteiger partial charge is 0.493 e. The molecule has 5 nitrogen and oxygen atoms in total. The standard InChI is InChI=1S/C24H16Cl2INO4/c1-30-21-11-15(9-19(26)22(21)31-13-14-5-3-2-4-6-14)10-20-24(29)32-23(28-20)17-12-16(27)7-8-18(17)25/h2-12H,13H2,1H3. The number of aliphatic imine (C=N–C) groups is 1. The molecule has 0 saturated carbocycles. The normalized spacial score (nSPS) is 14.3. The van der Waals surface area contributed by atoms with Crippen molar-refractivity contribution in [1.29, 1.82) is 0 Å². The van der Waals surface area contributed by atoms with Crippen molar-refractivity contribution in [3.05, 3.63) is 96.7 Å². The lowest BCUT2D eigenvalue weighted by Gasteiger charge is -2.13. The number of halogens is 3. The van der Waals surface area contributed by atoms with Gasteiger partial charge in [-0.1, -0.05) is 53.5 Å². The van der Waals surface area contributed by atoms with Crippen LogP contribution in [0.1, 0.15) is 16.7 Å².